The van der Waals surface area contributed by atoms with Gasteiger partial charge in [0.05, 0.1) is 0 Å². The van der Waals surface area contributed by atoms with Gasteiger partial charge in [-0.1, -0.05) is 45.0 Å². The quantitative estimate of drug-likeness (QED) is 0.910. The summed E-state index contributed by atoms with van der Waals surface area (Å²) < 4.78 is 5.65. The lowest BCUT2D eigenvalue weighted by atomic mass is 9.86. The van der Waals surface area contributed by atoms with E-state index in [9.17, 15) is 4.79 Å². The van der Waals surface area contributed by atoms with Gasteiger partial charge in [0.2, 0.25) is 0 Å². The van der Waals surface area contributed by atoms with Crippen molar-refractivity contribution >= 4 is 5.91 Å². The minimum Gasteiger partial charge on any atom is -0.451 e. The second kappa shape index (κ2) is 6.36. The van der Waals surface area contributed by atoms with Crippen molar-refractivity contribution < 1.29 is 9.21 Å². The molecule has 1 aromatic heterocycles. The molecule has 1 aromatic carbocycles. The second-order valence-electron chi connectivity index (χ2n) is 6.60. The molecule has 0 aliphatic rings. The van der Waals surface area contributed by atoms with E-state index in [1.165, 1.54) is 5.56 Å². The van der Waals surface area contributed by atoms with Crippen molar-refractivity contribution in [3.63, 3.8) is 0 Å². The van der Waals surface area contributed by atoms with Gasteiger partial charge in [0.1, 0.15) is 5.76 Å². The number of amides is 1. The highest BCUT2D eigenvalue weighted by molar-refractivity contribution is 5.92. The topological polar surface area (TPSA) is 68.3 Å². The number of hydrogen-bond acceptors (Lipinski definition) is 3. The molecule has 0 spiro atoms. The van der Waals surface area contributed by atoms with Gasteiger partial charge in [-0.3, -0.25) is 4.79 Å². The van der Waals surface area contributed by atoms with Crippen LogP contribution >= 0.6 is 0 Å². The van der Waals surface area contributed by atoms with Crippen LogP contribution in [0.3, 0.4) is 0 Å². The fraction of sp³-hybridized carbons (Fsp3) is 0.389. The third-order valence-corrected chi connectivity index (χ3v) is 3.60. The fourth-order valence-corrected chi connectivity index (χ4v) is 2.10. The Morgan fingerprint density at radius 3 is 2.36 bits per heavy atom. The van der Waals surface area contributed by atoms with Gasteiger partial charge < -0.3 is 15.5 Å². The minimum atomic E-state index is -0.240. The van der Waals surface area contributed by atoms with Crippen LogP contribution in [-0.4, -0.2) is 18.5 Å². The first-order valence-corrected chi connectivity index (χ1v) is 7.53. The number of hydrogen-bond donors (Lipinski definition) is 2. The SMILES string of the molecule is C[C@@H](CN)NC(=O)c1ccc(-c2ccc(C(C)(C)C)cc2)o1. The van der Waals surface area contributed by atoms with Gasteiger partial charge in [-0.15, -0.1) is 0 Å². The van der Waals surface area contributed by atoms with E-state index < -0.39 is 0 Å². The summed E-state index contributed by atoms with van der Waals surface area (Å²) in [4.78, 5) is 12.0. The van der Waals surface area contributed by atoms with E-state index in [-0.39, 0.29) is 17.4 Å². The van der Waals surface area contributed by atoms with Crippen LogP contribution in [0.25, 0.3) is 11.3 Å². The van der Waals surface area contributed by atoms with E-state index in [1.54, 1.807) is 6.07 Å². The number of furan rings is 1. The molecule has 0 fully saturated rings. The fourth-order valence-electron chi connectivity index (χ4n) is 2.10. The molecule has 118 valence electrons. The summed E-state index contributed by atoms with van der Waals surface area (Å²) in [6.45, 7) is 8.78. The second-order valence-corrected chi connectivity index (χ2v) is 6.60. The lowest BCUT2D eigenvalue weighted by molar-refractivity contribution is 0.0914. The molecule has 0 aliphatic heterocycles. The molecule has 2 rings (SSSR count). The maximum Gasteiger partial charge on any atom is 0.287 e. The van der Waals surface area contributed by atoms with E-state index in [0.717, 1.165) is 5.56 Å². The van der Waals surface area contributed by atoms with Crippen molar-refractivity contribution in [2.45, 2.75) is 39.2 Å². The Morgan fingerprint density at radius 1 is 1.18 bits per heavy atom. The van der Waals surface area contributed by atoms with E-state index in [1.807, 2.05) is 25.1 Å². The lowest BCUT2D eigenvalue weighted by Crippen LogP contribution is -2.37. The monoisotopic (exact) mass is 300 g/mol. The molecule has 4 nitrogen and oxygen atoms in total. The molecule has 0 unspecified atom stereocenters. The maximum absolute atomic E-state index is 12.0. The molecule has 4 heteroatoms. The standard InChI is InChI=1S/C18H24N2O2/c1-12(11-19)20-17(21)16-10-9-15(22-16)13-5-7-14(8-6-13)18(2,3)4/h5-10,12H,11,19H2,1-4H3,(H,20,21)/t12-/m0/s1. The molecule has 1 atom stereocenters. The average molecular weight is 300 g/mol. The Kier molecular flexibility index (Phi) is 4.71. The highest BCUT2D eigenvalue weighted by Crippen LogP contribution is 2.27. The summed E-state index contributed by atoms with van der Waals surface area (Å²) in [6, 6.07) is 11.6. The number of carbonyl (C=O) groups excluding carboxylic acids is 1. The highest BCUT2D eigenvalue weighted by Gasteiger charge is 2.16. The molecule has 0 saturated carbocycles. The van der Waals surface area contributed by atoms with Crippen LogP contribution in [-0.2, 0) is 5.41 Å². The third kappa shape index (κ3) is 3.77. The zero-order valence-electron chi connectivity index (χ0n) is 13.6. The van der Waals surface area contributed by atoms with Crippen molar-refractivity contribution in [3.8, 4) is 11.3 Å². The summed E-state index contributed by atoms with van der Waals surface area (Å²) >= 11 is 0. The van der Waals surface area contributed by atoms with E-state index in [4.69, 9.17) is 10.2 Å². The highest BCUT2D eigenvalue weighted by atomic mass is 16.3. The number of nitrogens with two attached hydrogens (primary N) is 1. The van der Waals surface area contributed by atoms with E-state index >= 15 is 0 Å². The van der Waals surface area contributed by atoms with Gasteiger partial charge in [0.25, 0.3) is 5.91 Å². The Morgan fingerprint density at radius 2 is 1.82 bits per heavy atom. The zero-order chi connectivity index (χ0) is 16.3. The summed E-state index contributed by atoms with van der Waals surface area (Å²) in [5.74, 6) is 0.747. The van der Waals surface area contributed by atoms with Crippen molar-refractivity contribution in [1.82, 2.24) is 5.32 Å². The lowest BCUT2D eigenvalue weighted by Gasteiger charge is -2.18. The van der Waals surface area contributed by atoms with Crippen molar-refractivity contribution in [2.24, 2.45) is 5.73 Å². The van der Waals surface area contributed by atoms with Crippen LogP contribution in [0.4, 0.5) is 0 Å². The smallest absolute Gasteiger partial charge is 0.287 e. The molecule has 22 heavy (non-hydrogen) atoms. The van der Waals surface area contributed by atoms with Crippen LogP contribution in [0.5, 0.6) is 0 Å². The predicted molar refractivity (Wildman–Crippen MR) is 88.8 cm³/mol. The van der Waals surface area contributed by atoms with Crippen LogP contribution in [0, 0.1) is 0 Å². The average Bonchev–Trinajstić information content (AvgIpc) is 2.96. The molecule has 0 radical (unpaired) electrons. The molecule has 1 heterocycles. The van der Waals surface area contributed by atoms with Crippen molar-refractivity contribution in [1.29, 1.82) is 0 Å². The first kappa shape index (κ1) is 16.3. The molecule has 0 saturated heterocycles. The van der Waals surface area contributed by atoms with Gasteiger partial charge in [-0.25, -0.2) is 0 Å². The van der Waals surface area contributed by atoms with Gasteiger partial charge >= 0.3 is 0 Å². The first-order valence-electron chi connectivity index (χ1n) is 7.53. The van der Waals surface area contributed by atoms with E-state index in [0.29, 0.717) is 18.1 Å². The number of carbonyl (C=O) groups is 1. The Balaban J connectivity index is 2.16. The molecule has 1 amide bonds. The van der Waals surface area contributed by atoms with Crippen molar-refractivity contribution in [2.75, 3.05) is 6.54 Å². The Labute approximate surface area is 131 Å². The largest absolute Gasteiger partial charge is 0.451 e. The van der Waals surface area contributed by atoms with Crippen molar-refractivity contribution in [3.05, 3.63) is 47.7 Å². The van der Waals surface area contributed by atoms with Crippen LogP contribution in [0.2, 0.25) is 0 Å². The minimum absolute atomic E-state index is 0.0767. The van der Waals surface area contributed by atoms with Gasteiger partial charge in [0, 0.05) is 18.2 Å². The van der Waals surface area contributed by atoms with E-state index in [2.05, 4.69) is 38.2 Å². The summed E-state index contributed by atoms with van der Waals surface area (Å²) in [6.07, 6.45) is 0. The van der Waals surface area contributed by atoms with Gasteiger partial charge in [0.15, 0.2) is 5.76 Å². The molecule has 3 N–H and O–H groups in total. The summed E-state index contributed by atoms with van der Waals surface area (Å²) in [7, 11) is 0. The number of nitrogens with one attached hydrogen (secondary N) is 1. The van der Waals surface area contributed by atoms with Crippen LogP contribution in [0.15, 0.2) is 40.8 Å². The zero-order valence-corrected chi connectivity index (χ0v) is 13.6. The van der Waals surface area contributed by atoms with Crippen LogP contribution in [0.1, 0.15) is 43.8 Å². The molecular formula is C18H24N2O2. The van der Waals surface area contributed by atoms with Gasteiger partial charge in [-0.2, -0.15) is 0 Å². The molecule has 0 bridgehead atoms. The predicted octanol–water partition coefficient (Wildman–Crippen LogP) is 3.32. The normalized spacial score (nSPS) is 13.0. The molecular weight excluding hydrogens is 276 g/mol. The number of rotatable bonds is 4. The number of benzene rings is 1. The third-order valence-electron chi connectivity index (χ3n) is 3.60. The Bertz CT molecular complexity index is 636. The molecule has 2 aromatic rings. The maximum atomic E-state index is 12.0. The first-order chi connectivity index (χ1) is 10.3. The summed E-state index contributed by atoms with van der Waals surface area (Å²) in [5, 5.41) is 2.78. The van der Waals surface area contributed by atoms with Gasteiger partial charge in [-0.05, 0) is 30.0 Å². The van der Waals surface area contributed by atoms with Crippen LogP contribution < -0.4 is 11.1 Å². The summed E-state index contributed by atoms with van der Waals surface area (Å²) in [5.41, 5.74) is 7.83. The molecule has 0 aliphatic carbocycles. The Hall–Kier alpha value is -2.07.